The van der Waals surface area contributed by atoms with Gasteiger partial charge in [0, 0.05) is 18.9 Å². The Hall–Kier alpha value is -1.85. The van der Waals surface area contributed by atoms with Gasteiger partial charge < -0.3 is 14.4 Å². The number of Topliss-reactive ketones (excluding diaryl/α,β-unsaturated/α-hetero) is 1. The molecule has 0 saturated heterocycles. The van der Waals surface area contributed by atoms with E-state index in [1.807, 2.05) is 13.8 Å². The largest absolute Gasteiger partial charge is 0.481 e. The molecule has 2 unspecified atom stereocenters. The van der Waals surface area contributed by atoms with Crippen LogP contribution in [0.3, 0.4) is 0 Å². The average molecular weight is 267 g/mol. The summed E-state index contributed by atoms with van der Waals surface area (Å²) in [5.74, 6) is -0.603. The third-order valence-electron chi connectivity index (χ3n) is 3.36. The summed E-state index contributed by atoms with van der Waals surface area (Å²) in [7, 11) is 0. The summed E-state index contributed by atoms with van der Waals surface area (Å²) in [5, 5.41) is 12.8. The topological polar surface area (TPSA) is 89.6 Å². The molecule has 0 spiro atoms. The maximum Gasteiger partial charge on any atom is 0.307 e. The van der Waals surface area contributed by atoms with E-state index in [1.54, 1.807) is 6.07 Å². The zero-order chi connectivity index (χ0) is 14.0. The van der Waals surface area contributed by atoms with Crippen LogP contribution in [-0.2, 0) is 16.0 Å². The summed E-state index contributed by atoms with van der Waals surface area (Å²) in [4.78, 5) is 22.2. The van der Waals surface area contributed by atoms with Crippen molar-refractivity contribution in [1.29, 1.82) is 0 Å². The zero-order valence-electron chi connectivity index (χ0n) is 11.0. The fraction of sp³-hybridized carbons (Fsp3) is 0.615. The SMILES string of the molecule is CC(C)C(Cc1cc(OC2CCC2=O)no1)C(=O)O. The first-order valence-electron chi connectivity index (χ1n) is 6.35. The summed E-state index contributed by atoms with van der Waals surface area (Å²) < 4.78 is 10.4. The van der Waals surface area contributed by atoms with Gasteiger partial charge >= 0.3 is 5.97 Å². The van der Waals surface area contributed by atoms with Gasteiger partial charge in [-0.3, -0.25) is 9.59 Å². The number of ketones is 1. The van der Waals surface area contributed by atoms with Crippen molar-refractivity contribution in [2.24, 2.45) is 11.8 Å². The fourth-order valence-electron chi connectivity index (χ4n) is 1.92. The number of rotatable bonds is 6. The molecule has 2 atom stereocenters. The number of ether oxygens (including phenoxy) is 1. The molecule has 0 bridgehead atoms. The van der Waals surface area contributed by atoms with Crippen LogP contribution in [0, 0.1) is 11.8 Å². The Morgan fingerprint density at radius 3 is 2.84 bits per heavy atom. The molecule has 1 heterocycles. The lowest BCUT2D eigenvalue weighted by Crippen LogP contribution is -2.36. The number of hydrogen-bond acceptors (Lipinski definition) is 5. The highest BCUT2D eigenvalue weighted by Gasteiger charge is 2.31. The molecule has 19 heavy (non-hydrogen) atoms. The standard InChI is InChI=1S/C13H17NO5/c1-7(2)9(13(16)17)5-8-6-12(14-19-8)18-11-4-3-10(11)15/h6-7,9,11H,3-5H2,1-2H3,(H,16,17). The molecule has 6 heteroatoms. The number of carbonyl (C=O) groups excluding carboxylic acids is 1. The van der Waals surface area contributed by atoms with Gasteiger partial charge in [0.1, 0.15) is 5.76 Å². The molecular formula is C13H17NO5. The van der Waals surface area contributed by atoms with E-state index in [-0.39, 0.29) is 24.0 Å². The van der Waals surface area contributed by atoms with E-state index in [1.165, 1.54) is 0 Å². The summed E-state index contributed by atoms with van der Waals surface area (Å²) in [5.41, 5.74) is 0. The van der Waals surface area contributed by atoms with E-state index in [9.17, 15) is 9.59 Å². The Bertz CT molecular complexity index is 479. The molecular weight excluding hydrogens is 250 g/mol. The molecule has 1 fully saturated rings. The Balaban J connectivity index is 1.96. The molecule has 2 rings (SSSR count). The van der Waals surface area contributed by atoms with Crippen LogP contribution in [0.4, 0.5) is 0 Å². The maximum atomic E-state index is 11.1. The number of nitrogens with zero attached hydrogens (tertiary/aromatic N) is 1. The van der Waals surface area contributed by atoms with Crippen LogP contribution in [-0.4, -0.2) is 28.1 Å². The second-order valence-electron chi connectivity index (χ2n) is 5.14. The van der Waals surface area contributed by atoms with Crippen molar-refractivity contribution in [1.82, 2.24) is 5.16 Å². The Labute approximate surface area is 110 Å². The number of carboxylic acids is 1. The van der Waals surface area contributed by atoms with Crippen LogP contribution in [0.2, 0.25) is 0 Å². The van der Waals surface area contributed by atoms with Crippen LogP contribution >= 0.6 is 0 Å². The minimum Gasteiger partial charge on any atom is -0.481 e. The summed E-state index contributed by atoms with van der Waals surface area (Å²) in [6.07, 6.45) is 1.09. The summed E-state index contributed by atoms with van der Waals surface area (Å²) >= 11 is 0. The van der Waals surface area contributed by atoms with Crippen molar-refractivity contribution in [2.45, 2.75) is 39.2 Å². The fourth-order valence-corrected chi connectivity index (χ4v) is 1.92. The lowest BCUT2D eigenvalue weighted by atomic mass is 9.92. The minimum absolute atomic E-state index is 0.000165. The first kappa shape index (κ1) is 13.6. The van der Waals surface area contributed by atoms with Crippen LogP contribution in [0.15, 0.2) is 10.6 Å². The first-order valence-corrected chi connectivity index (χ1v) is 6.35. The normalized spacial score (nSPS) is 20.2. The second kappa shape index (κ2) is 5.42. The van der Waals surface area contributed by atoms with E-state index < -0.39 is 18.0 Å². The van der Waals surface area contributed by atoms with Gasteiger partial charge in [0.2, 0.25) is 0 Å². The van der Waals surface area contributed by atoms with Crippen molar-refractivity contribution in [3.8, 4) is 5.88 Å². The zero-order valence-corrected chi connectivity index (χ0v) is 11.0. The molecule has 1 aliphatic carbocycles. The van der Waals surface area contributed by atoms with E-state index in [2.05, 4.69) is 5.16 Å². The molecule has 1 aliphatic rings. The molecule has 0 aliphatic heterocycles. The van der Waals surface area contributed by atoms with E-state index >= 15 is 0 Å². The van der Waals surface area contributed by atoms with Crippen LogP contribution in [0.5, 0.6) is 5.88 Å². The third-order valence-corrected chi connectivity index (χ3v) is 3.36. The first-order chi connectivity index (χ1) is 8.97. The quantitative estimate of drug-likeness (QED) is 0.843. The molecule has 1 aromatic heterocycles. The molecule has 0 aromatic carbocycles. The number of aromatic nitrogens is 1. The van der Waals surface area contributed by atoms with Crippen molar-refractivity contribution >= 4 is 11.8 Å². The van der Waals surface area contributed by atoms with Gasteiger partial charge in [-0.2, -0.15) is 0 Å². The number of hydrogen-bond donors (Lipinski definition) is 1. The number of carbonyl (C=O) groups is 2. The van der Waals surface area contributed by atoms with Gasteiger partial charge in [-0.15, -0.1) is 0 Å². The van der Waals surface area contributed by atoms with Crippen molar-refractivity contribution in [3.63, 3.8) is 0 Å². The predicted octanol–water partition coefficient (Wildman–Crippen LogP) is 1.68. The molecule has 104 valence electrons. The minimum atomic E-state index is -0.858. The van der Waals surface area contributed by atoms with Crippen LogP contribution < -0.4 is 4.74 Å². The molecule has 1 aromatic rings. The van der Waals surface area contributed by atoms with Gasteiger partial charge in [-0.1, -0.05) is 13.8 Å². The lowest BCUT2D eigenvalue weighted by Gasteiger charge is -2.22. The predicted molar refractivity (Wildman–Crippen MR) is 64.8 cm³/mol. The maximum absolute atomic E-state index is 11.1. The summed E-state index contributed by atoms with van der Waals surface area (Å²) in [6, 6.07) is 1.56. The number of aliphatic carboxylic acids is 1. The van der Waals surface area contributed by atoms with Crippen molar-refractivity contribution in [3.05, 3.63) is 11.8 Å². The molecule has 1 N–H and O–H groups in total. The van der Waals surface area contributed by atoms with E-state index in [0.29, 0.717) is 18.6 Å². The smallest absolute Gasteiger partial charge is 0.307 e. The van der Waals surface area contributed by atoms with Crippen LogP contribution in [0.25, 0.3) is 0 Å². The van der Waals surface area contributed by atoms with Gasteiger partial charge in [0.15, 0.2) is 11.9 Å². The van der Waals surface area contributed by atoms with Gasteiger partial charge in [0.05, 0.1) is 5.92 Å². The molecule has 0 amide bonds. The Morgan fingerprint density at radius 1 is 1.63 bits per heavy atom. The lowest BCUT2D eigenvalue weighted by molar-refractivity contribution is -0.143. The highest BCUT2D eigenvalue weighted by molar-refractivity contribution is 5.88. The van der Waals surface area contributed by atoms with Gasteiger partial charge in [-0.05, 0) is 17.5 Å². The highest BCUT2D eigenvalue weighted by Crippen LogP contribution is 2.24. The molecule has 1 saturated carbocycles. The van der Waals surface area contributed by atoms with Gasteiger partial charge in [0.25, 0.3) is 5.88 Å². The summed E-state index contributed by atoms with van der Waals surface area (Å²) in [6.45, 7) is 3.69. The molecule has 6 nitrogen and oxygen atoms in total. The Morgan fingerprint density at radius 2 is 2.37 bits per heavy atom. The van der Waals surface area contributed by atoms with Crippen molar-refractivity contribution < 1.29 is 24.0 Å². The van der Waals surface area contributed by atoms with Gasteiger partial charge in [-0.25, -0.2) is 0 Å². The van der Waals surface area contributed by atoms with Crippen LogP contribution in [0.1, 0.15) is 32.4 Å². The van der Waals surface area contributed by atoms with Crippen molar-refractivity contribution in [2.75, 3.05) is 0 Å². The second-order valence-corrected chi connectivity index (χ2v) is 5.14. The Kier molecular flexibility index (Phi) is 3.87. The van der Waals surface area contributed by atoms with E-state index in [0.717, 1.165) is 0 Å². The highest BCUT2D eigenvalue weighted by atomic mass is 16.5. The van der Waals surface area contributed by atoms with E-state index in [4.69, 9.17) is 14.4 Å². The third kappa shape index (κ3) is 3.13. The molecule has 0 radical (unpaired) electrons. The number of carboxylic acid groups (broad SMARTS) is 1. The average Bonchev–Trinajstić information content (AvgIpc) is 2.78. The monoisotopic (exact) mass is 267 g/mol.